The molecule has 5 heteroatoms. The predicted octanol–water partition coefficient (Wildman–Crippen LogP) is 1.76. The van der Waals surface area contributed by atoms with Gasteiger partial charge in [0.25, 0.3) is 5.91 Å². The lowest BCUT2D eigenvalue weighted by Crippen LogP contribution is -2.46. The lowest BCUT2D eigenvalue weighted by Gasteiger charge is -2.28. The van der Waals surface area contributed by atoms with Crippen LogP contribution in [-0.4, -0.2) is 23.9 Å². The summed E-state index contributed by atoms with van der Waals surface area (Å²) in [6, 6.07) is 11.7. The standard InChI is InChI=1S/C17H17N3O2/c21-17(13-19-9-3-5-14(12-19)11-18-22)20-10-4-7-15-6-1-2-8-16(15)20/h1-3,5-6,8-9,11-12H,4,7,10,13H2/p+1/b18-11+. The van der Waals surface area contributed by atoms with E-state index in [2.05, 4.69) is 11.2 Å². The van der Waals surface area contributed by atoms with Crippen molar-refractivity contribution in [3.63, 3.8) is 0 Å². The number of nitrogens with zero attached hydrogens (tertiary/aromatic N) is 3. The van der Waals surface area contributed by atoms with Crippen LogP contribution in [0.15, 0.2) is 53.9 Å². The molecule has 2 aromatic rings. The van der Waals surface area contributed by atoms with Crippen molar-refractivity contribution < 1.29 is 14.6 Å². The first kappa shape index (κ1) is 14.3. The number of aromatic nitrogens is 1. The monoisotopic (exact) mass is 296 g/mol. The Morgan fingerprint density at radius 3 is 3.05 bits per heavy atom. The van der Waals surface area contributed by atoms with Gasteiger partial charge in [-0.1, -0.05) is 23.4 Å². The topological polar surface area (TPSA) is 56.8 Å². The molecule has 0 bridgehead atoms. The minimum atomic E-state index is 0.0650. The average Bonchev–Trinajstić information content (AvgIpc) is 2.55. The van der Waals surface area contributed by atoms with Gasteiger partial charge in [0.05, 0.1) is 11.8 Å². The van der Waals surface area contributed by atoms with E-state index < -0.39 is 0 Å². The highest BCUT2D eigenvalue weighted by atomic mass is 16.4. The number of hydrogen-bond donors (Lipinski definition) is 1. The molecule has 22 heavy (non-hydrogen) atoms. The third-order valence-corrected chi connectivity index (χ3v) is 3.82. The molecule has 1 amide bonds. The van der Waals surface area contributed by atoms with E-state index in [1.54, 1.807) is 10.8 Å². The molecule has 0 radical (unpaired) electrons. The van der Waals surface area contributed by atoms with Crippen LogP contribution in [0, 0.1) is 0 Å². The quantitative estimate of drug-likeness (QED) is 0.406. The maximum atomic E-state index is 12.6. The van der Waals surface area contributed by atoms with Gasteiger partial charge in [0.2, 0.25) is 6.54 Å². The van der Waals surface area contributed by atoms with Crippen molar-refractivity contribution in [3.8, 4) is 0 Å². The number of rotatable bonds is 3. The third-order valence-electron chi connectivity index (χ3n) is 3.82. The zero-order chi connectivity index (χ0) is 15.4. The van der Waals surface area contributed by atoms with E-state index in [4.69, 9.17) is 5.21 Å². The summed E-state index contributed by atoms with van der Waals surface area (Å²) in [7, 11) is 0. The van der Waals surface area contributed by atoms with E-state index in [1.807, 2.05) is 41.4 Å². The Kier molecular flexibility index (Phi) is 4.14. The van der Waals surface area contributed by atoms with Crippen molar-refractivity contribution in [3.05, 3.63) is 59.9 Å². The molecule has 0 aliphatic carbocycles. The highest BCUT2D eigenvalue weighted by Crippen LogP contribution is 2.26. The Labute approximate surface area is 129 Å². The van der Waals surface area contributed by atoms with E-state index in [9.17, 15) is 4.79 Å². The Balaban J connectivity index is 1.79. The number of fused-ring (bicyclic) bond motifs is 1. The number of anilines is 1. The SMILES string of the molecule is O=C(C[n+]1cccc(/C=N/O)c1)N1CCCc2ccccc21. The van der Waals surface area contributed by atoms with Crippen LogP contribution in [0.25, 0.3) is 0 Å². The van der Waals surface area contributed by atoms with Gasteiger partial charge < -0.3 is 10.1 Å². The number of amides is 1. The molecule has 2 heterocycles. The van der Waals surface area contributed by atoms with Crippen LogP contribution in [-0.2, 0) is 17.8 Å². The number of hydrogen-bond acceptors (Lipinski definition) is 3. The first-order chi connectivity index (χ1) is 10.8. The summed E-state index contributed by atoms with van der Waals surface area (Å²) >= 11 is 0. The first-order valence-electron chi connectivity index (χ1n) is 7.33. The number of para-hydroxylation sites is 1. The summed E-state index contributed by atoms with van der Waals surface area (Å²) < 4.78 is 1.80. The predicted molar refractivity (Wildman–Crippen MR) is 83.1 cm³/mol. The van der Waals surface area contributed by atoms with Gasteiger partial charge in [0.1, 0.15) is 0 Å². The number of pyridine rings is 1. The fourth-order valence-corrected chi connectivity index (χ4v) is 2.82. The Morgan fingerprint density at radius 2 is 2.18 bits per heavy atom. The largest absolute Gasteiger partial charge is 0.411 e. The molecule has 0 atom stereocenters. The third kappa shape index (κ3) is 2.98. The van der Waals surface area contributed by atoms with Crippen LogP contribution in [0.2, 0.25) is 0 Å². The smallest absolute Gasteiger partial charge is 0.292 e. The van der Waals surface area contributed by atoms with Gasteiger partial charge in [0.15, 0.2) is 12.4 Å². The summed E-state index contributed by atoms with van der Waals surface area (Å²) in [4.78, 5) is 14.5. The van der Waals surface area contributed by atoms with Gasteiger partial charge in [-0.15, -0.1) is 0 Å². The maximum absolute atomic E-state index is 12.6. The lowest BCUT2D eigenvalue weighted by atomic mass is 10.0. The molecule has 1 aliphatic rings. The second kappa shape index (κ2) is 6.39. The fraction of sp³-hybridized carbons (Fsp3) is 0.235. The molecule has 0 spiro atoms. The van der Waals surface area contributed by atoms with E-state index >= 15 is 0 Å². The van der Waals surface area contributed by atoms with E-state index in [-0.39, 0.29) is 12.5 Å². The molecule has 1 aliphatic heterocycles. The normalized spacial score (nSPS) is 14.1. The summed E-state index contributed by atoms with van der Waals surface area (Å²) in [6.45, 7) is 1.02. The van der Waals surface area contributed by atoms with Gasteiger partial charge in [-0.3, -0.25) is 4.79 Å². The van der Waals surface area contributed by atoms with Crippen LogP contribution in [0.5, 0.6) is 0 Å². The minimum absolute atomic E-state index is 0.0650. The number of benzene rings is 1. The van der Waals surface area contributed by atoms with Gasteiger partial charge >= 0.3 is 0 Å². The van der Waals surface area contributed by atoms with E-state index in [0.717, 1.165) is 30.6 Å². The van der Waals surface area contributed by atoms with Crippen molar-refractivity contribution in [2.45, 2.75) is 19.4 Å². The van der Waals surface area contributed by atoms with Crippen LogP contribution in [0.1, 0.15) is 17.5 Å². The molecule has 0 fully saturated rings. The minimum Gasteiger partial charge on any atom is -0.411 e. The zero-order valence-electron chi connectivity index (χ0n) is 12.2. The molecule has 5 nitrogen and oxygen atoms in total. The van der Waals surface area contributed by atoms with Crippen molar-refractivity contribution >= 4 is 17.8 Å². The average molecular weight is 296 g/mol. The molecule has 0 saturated heterocycles. The first-order valence-corrected chi connectivity index (χ1v) is 7.33. The number of carbonyl (C=O) groups excluding carboxylic acids is 1. The maximum Gasteiger partial charge on any atom is 0.292 e. The molecular weight excluding hydrogens is 278 g/mol. The Bertz CT molecular complexity index is 713. The van der Waals surface area contributed by atoms with Crippen molar-refractivity contribution in [1.29, 1.82) is 0 Å². The van der Waals surface area contributed by atoms with Crippen LogP contribution >= 0.6 is 0 Å². The molecule has 1 aromatic heterocycles. The molecule has 112 valence electrons. The summed E-state index contributed by atoms with van der Waals surface area (Å²) in [5, 5.41) is 11.6. The molecule has 0 saturated carbocycles. The number of carbonyl (C=O) groups is 1. The molecule has 0 unspecified atom stereocenters. The molecule has 1 aromatic carbocycles. The fourth-order valence-electron chi connectivity index (χ4n) is 2.82. The Morgan fingerprint density at radius 1 is 1.32 bits per heavy atom. The highest BCUT2D eigenvalue weighted by molar-refractivity contribution is 5.93. The van der Waals surface area contributed by atoms with Gasteiger partial charge in [-0.2, -0.15) is 4.57 Å². The highest BCUT2D eigenvalue weighted by Gasteiger charge is 2.24. The van der Waals surface area contributed by atoms with Gasteiger partial charge in [-0.25, -0.2) is 0 Å². The van der Waals surface area contributed by atoms with Crippen LogP contribution in [0.4, 0.5) is 5.69 Å². The number of oxime groups is 1. The Hall–Kier alpha value is -2.69. The molecule has 1 N–H and O–H groups in total. The van der Waals surface area contributed by atoms with Crippen molar-refractivity contribution in [2.24, 2.45) is 5.16 Å². The van der Waals surface area contributed by atoms with Crippen LogP contribution in [0.3, 0.4) is 0 Å². The van der Waals surface area contributed by atoms with Crippen molar-refractivity contribution in [1.82, 2.24) is 0 Å². The van der Waals surface area contributed by atoms with Gasteiger partial charge in [-0.05, 0) is 30.5 Å². The van der Waals surface area contributed by atoms with E-state index in [0.29, 0.717) is 0 Å². The summed E-state index contributed by atoms with van der Waals surface area (Å²) in [6.07, 6.45) is 6.98. The summed E-state index contributed by atoms with van der Waals surface area (Å²) in [5.41, 5.74) is 3.00. The molecule has 3 rings (SSSR count). The molecular formula is C17H18N3O2+. The second-order valence-electron chi connectivity index (χ2n) is 5.33. The van der Waals surface area contributed by atoms with Crippen LogP contribution < -0.4 is 9.47 Å². The summed E-state index contributed by atoms with van der Waals surface area (Å²) in [5.74, 6) is 0.0650. The van der Waals surface area contributed by atoms with Gasteiger partial charge in [0, 0.05) is 18.3 Å². The van der Waals surface area contributed by atoms with Crippen molar-refractivity contribution in [2.75, 3.05) is 11.4 Å². The van der Waals surface area contributed by atoms with E-state index in [1.165, 1.54) is 11.8 Å². The second-order valence-corrected chi connectivity index (χ2v) is 5.33. The lowest BCUT2D eigenvalue weighted by molar-refractivity contribution is -0.684. The number of aryl methyl sites for hydroxylation is 1. The zero-order valence-corrected chi connectivity index (χ0v) is 12.2.